The fraction of sp³-hybridized carbons (Fsp3) is 0.500. The van der Waals surface area contributed by atoms with Gasteiger partial charge in [0, 0.05) is 29.8 Å². The third-order valence-corrected chi connectivity index (χ3v) is 4.69. The van der Waals surface area contributed by atoms with Crippen LogP contribution in [0.15, 0.2) is 24.3 Å². The first-order chi connectivity index (χ1) is 10.6. The maximum Gasteiger partial charge on any atom is 0.238 e. The summed E-state index contributed by atoms with van der Waals surface area (Å²) in [5.74, 6) is 1.69. The molecule has 5 nitrogen and oxygen atoms in total. The van der Waals surface area contributed by atoms with Crippen molar-refractivity contribution >= 4 is 41.7 Å². The highest BCUT2D eigenvalue weighted by molar-refractivity contribution is 7.99. The lowest BCUT2D eigenvalue weighted by Crippen LogP contribution is -2.41. The van der Waals surface area contributed by atoms with Gasteiger partial charge in [0.15, 0.2) is 0 Å². The van der Waals surface area contributed by atoms with Crippen molar-refractivity contribution in [2.75, 3.05) is 16.9 Å². The summed E-state index contributed by atoms with van der Waals surface area (Å²) in [5.41, 5.74) is 1.74. The van der Waals surface area contributed by atoms with Gasteiger partial charge in [-0.1, -0.05) is 26.0 Å². The molecule has 0 bridgehead atoms. The summed E-state index contributed by atoms with van der Waals surface area (Å²) in [6.07, 6.45) is 0.813. The van der Waals surface area contributed by atoms with Gasteiger partial charge in [-0.15, -0.1) is 24.2 Å². The number of carbonyl (C=O) groups is 2. The molecule has 0 spiro atoms. The van der Waals surface area contributed by atoms with Crippen molar-refractivity contribution in [1.82, 2.24) is 10.6 Å². The Hall–Kier alpha value is -1.24. The van der Waals surface area contributed by atoms with Gasteiger partial charge >= 0.3 is 0 Å². The zero-order chi connectivity index (χ0) is 15.9. The van der Waals surface area contributed by atoms with Gasteiger partial charge < -0.3 is 10.6 Å². The van der Waals surface area contributed by atoms with Gasteiger partial charge in [-0.2, -0.15) is 0 Å². The van der Waals surface area contributed by atoms with Crippen molar-refractivity contribution in [1.29, 1.82) is 0 Å². The molecule has 2 rings (SSSR count). The molecule has 2 unspecified atom stereocenters. The fourth-order valence-corrected chi connectivity index (χ4v) is 3.03. The van der Waals surface area contributed by atoms with Crippen molar-refractivity contribution in [3.8, 4) is 0 Å². The number of rotatable bonds is 6. The standard InChI is InChI=1S/C16H23N3O2S.ClH/c1-3-11(2)15(20)19-13-6-4-5-12(7-13)8-17-16(21)14-9-22-10-18-14;/h4-7,11,14,18H,3,8-10H2,1-2H3,(H,17,21)(H,19,20);1H. The molecule has 1 fully saturated rings. The molecular formula is C16H24ClN3O2S. The van der Waals surface area contributed by atoms with E-state index in [4.69, 9.17) is 0 Å². The van der Waals surface area contributed by atoms with Crippen molar-refractivity contribution in [2.24, 2.45) is 5.92 Å². The molecule has 1 saturated heterocycles. The number of anilines is 1. The van der Waals surface area contributed by atoms with Gasteiger partial charge in [-0.3, -0.25) is 14.9 Å². The minimum atomic E-state index is -0.0988. The fourth-order valence-electron chi connectivity index (χ4n) is 2.09. The average Bonchev–Trinajstić information content (AvgIpc) is 3.06. The number of thioether (sulfide) groups is 1. The minimum absolute atomic E-state index is 0. The van der Waals surface area contributed by atoms with Crippen LogP contribution in [0, 0.1) is 5.92 Å². The first-order valence-electron chi connectivity index (χ1n) is 7.58. The van der Waals surface area contributed by atoms with Gasteiger partial charge in [-0.25, -0.2) is 0 Å². The lowest BCUT2D eigenvalue weighted by Gasteiger charge is -2.13. The molecule has 1 aliphatic rings. The Balaban J connectivity index is 0.00000264. The van der Waals surface area contributed by atoms with E-state index in [2.05, 4.69) is 16.0 Å². The van der Waals surface area contributed by atoms with E-state index in [9.17, 15) is 9.59 Å². The van der Waals surface area contributed by atoms with Crippen molar-refractivity contribution in [3.05, 3.63) is 29.8 Å². The number of hydrogen-bond acceptors (Lipinski definition) is 4. The van der Waals surface area contributed by atoms with E-state index in [0.717, 1.165) is 29.3 Å². The van der Waals surface area contributed by atoms with Crippen molar-refractivity contribution in [2.45, 2.75) is 32.9 Å². The molecule has 0 aromatic heterocycles. The summed E-state index contributed by atoms with van der Waals surface area (Å²) in [7, 11) is 0. The van der Waals surface area contributed by atoms with E-state index in [1.54, 1.807) is 11.8 Å². The molecule has 0 radical (unpaired) electrons. The molecule has 1 heterocycles. The van der Waals surface area contributed by atoms with Gasteiger partial charge in [0.2, 0.25) is 11.8 Å². The second kappa shape index (κ2) is 9.80. The van der Waals surface area contributed by atoms with Crippen LogP contribution in [0.2, 0.25) is 0 Å². The van der Waals surface area contributed by atoms with Crippen molar-refractivity contribution in [3.63, 3.8) is 0 Å². The summed E-state index contributed by atoms with van der Waals surface area (Å²) in [6.45, 7) is 4.37. The Labute approximate surface area is 147 Å². The van der Waals surface area contributed by atoms with E-state index >= 15 is 0 Å². The predicted molar refractivity (Wildman–Crippen MR) is 97.9 cm³/mol. The molecule has 3 N–H and O–H groups in total. The Morgan fingerprint density at radius 3 is 2.87 bits per heavy atom. The lowest BCUT2D eigenvalue weighted by molar-refractivity contribution is -0.122. The van der Waals surface area contributed by atoms with Gasteiger partial charge in [0.25, 0.3) is 0 Å². The highest BCUT2D eigenvalue weighted by Crippen LogP contribution is 2.14. The molecule has 2 atom stereocenters. The molecule has 0 aliphatic carbocycles. The smallest absolute Gasteiger partial charge is 0.238 e. The summed E-state index contributed by atoms with van der Waals surface area (Å²) in [5, 5.41) is 8.98. The van der Waals surface area contributed by atoms with Crippen LogP contribution in [0.4, 0.5) is 5.69 Å². The number of halogens is 1. The SMILES string of the molecule is CCC(C)C(=O)Nc1cccc(CNC(=O)C2CSCN2)c1.Cl. The zero-order valence-corrected chi connectivity index (χ0v) is 15.1. The third kappa shape index (κ3) is 6.05. The zero-order valence-electron chi connectivity index (χ0n) is 13.4. The predicted octanol–water partition coefficient (Wildman–Crippen LogP) is 2.37. The number of benzene rings is 1. The summed E-state index contributed by atoms with van der Waals surface area (Å²) in [4.78, 5) is 23.9. The Morgan fingerprint density at radius 1 is 1.43 bits per heavy atom. The molecule has 1 aromatic rings. The quantitative estimate of drug-likeness (QED) is 0.731. The van der Waals surface area contributed by atoms with Crippen LogP contribution >= 0.6 is 24.2 Å². The Morgan fingerprint density at radius 2 is 2.22 bits per heavy atom. The maximum absolute atomic E-state index is 12.0. The molecule has 23 heavy (non-hydrogen) atoms. The van der Waals surface area contributed by atoms with E-state index in [1.165, 1.54) is 0 Å². The number of nitrogens with one attached hydrogen (secondary N) is 3. The maximum atomic E-state index is 12.0. The molecule has 128 valence electrons. The number of carbonyl (C=O) groups excluding carboxylic acids is 2. The van der Waals surface area contributed by atoms with Crippen LogP contribution in [0.1, 0.15) is 25.8 Å². The molecule has 1 aromatic carbocycles. The Kier molecular flexibility index (Phi) is 8.44. The van der Waals surface area contributed by atoms with E-state index < -0.39 is 0 Å². The van der Waals surface area contributed by atoms with Crippen LogP contribution in [0.3, 0.4) is 0 Å². The van der Waals surface area contributed by atoms with Crippen LogP contribution < -0.4 is 16.0 Å². The summed E-state index contributed by atoms with van der Waals surface area (Å²) < 4.78 is 0. The van der Waals surface area contributed by atoms with Gasteiger partial charge in [-0.05, 0) is 24.1 Å². The average molecular weight is 358 g/mol. The van der Waals surface area contributed by atoms with Gasteiger partial charge in [0.05, 0.1) is 6.04 Å². The number of amides is 2. The topological polar surface area (TPSA) is 70.2 Å². The monoisotopic (exact) mass is 357 g/mol. The molecule has 2 amide bonds. The lowest BCUT2D eigenvalue weighted by atomic mass is 10.1. The van der Waals surface area contributed by atoms with Crippen LogP contribution in [0.25, 0.3) is 0 Å². The highest BCUT2D eigenvalue weighted by atomic mass is 35.5. The van der Waals surface area contributed by atoms with Gasteiger partial charge in [0.1, 0.15) is 0 Å². The summed E-state index contributed by atoms with van der Waals surface area (Å²) in [6, 6.07) is 7.49. The second-order valence-corrected chi connectivity index (χ2v) is 6.52. The van der Waals surface area contributed by atoms with Crippen LogP contribution in [0.5, 0.6) is 0 Å². The van der Waals surface area contributed by atoms with Crippen molar-refractivity contribution < 1.29 is 9.59 Å². The minimum Gasteiger partial charge on any atom is -0.351 e. The molecule has 7 heteroatoms. The first-order valence-corrected chi connectivity index (χ1v) is 8.74. The molecule has 1 aliphatic heterocycles. The largest absolute Gasteiger partial charge is 0.351 e. The normalized spacial score (nSPS) is 17.9. The highest BCUT2D eigenvalue weighted by Gasteiger charge is 2.21. The Bertz CT molecular complexity index is 536. The molecular weight excluding hydrogens is 334 g/mol. The molecule has 0 saturated carbocycles. The number of hydrogen-bond donors (Lipinski definition) is 3. The third-order valence-electron chi connectivity index (χ3n) is 3.75. The van der Waals surface area contributed by atoms with E-state index in [0.29, 0.717) is 6.54 Å². The van der Waals surface area contributed by atoms with Crippen LogP contribution in [-0.2, 0) is 16.1 Å². The second-order valence-electron chi connectivity index (χ2n) is 5.49. The van der Waals surface area contributed by atoms with E-state index in [1.807, 2.05) is 38.1 Å². The van der Waals surface area contributed by atoms with Crippen LogP contribution in [-0.4, -0.2) is 29.5 Å². The first kappa shape index (κ1) is 19.8. The summed E-state index contributed by atoms with van der Waals surface area (Å²) >= 11 is 1.73. The van der Waals surface area contributed by atoms with E-state index in [-0.39, 0.29) is 36.2 Å².